The molecule has 1 aliphatic rings. The average molecular weight is 367 g/mol. The van der Waals surface area contributed by atoms with E-state index in [0.29, 0.717) is 24.4 Å². The van der Waals surface area contributed by atoms with Gasteiger partial charge in [0.15, 0.2) is 5.65 Å². The fourth-order valence-corrected chi connectivity index (χ4v) is 3.44. The molecule has 140 valence electrons. The van der Waals surface area contributed by atoms with E-state index >= 15 is 0 Å². The van der Waals surface area contributed by atoms with Crippen molar-refractivity contribution in [1.29, 1.82) is 0 Å². The van der Waals surface area contributed by atoms with E-state index in [-0.39, 0.29) is 17.8 Å². The van der Waals surface area contributed by atoms with Gasteiger partial charge in [0.1, 0.15) is 11.5 Å². The average Bonchev–Trinajstić information content (AvgIpc) is 3.11. The molecule has 0 aliphatic carbocycles. The number of nitrogens with one attached hydrogen (secondary N) is 1. The van der Waals surface area contributed by atoms with Gasteiger partial charge in [-0.05, 0) is 49.2 Å². The molecular weight excluding hydrogens is 345 g/mol. The monoisotopic (exact) mass is 367 g/mol. The lowest BCUT2D eigenvalue weighted by molar-refractivity contribution is 0.0704. The maximum Gasteiger partial charge on any atom is 0.274 e. The van der Waals surface area contributed by atoms with Crippen molar-refractivity contribution in [1.82, 2.24) is 24.8 Å². The van der Waals surface area contributed by atoms with Gasteiger partial charge in [-0.25, -0.2) is 13.9 Å². The first-order valence-electron chi connectivity index (χ1n) is 9.23. The molecular formula is C20H22FN5O. The summed E-state index contributed by atoms with van der Waals surface area (Å²) in [4.78, 5) is 19.3. The minimum atomic E-state index is -0.281. The van der Waals surface area contributed by atoms with Gasteiger partial charge in [-0.2, -0.15) is 5.10 Å². The third kappa shape index (κ3) is 3.42. The van der Waals surface area contributed by atoms with Crippen LogP contribution in [0.25, 0.3) is 16.9 Å². The number of carbonyl (C=O) groups excluding carboxylic acids is 1. The van der Waals surface area contributed by atoms with Crippen molar-refractivity contribution >= 4 is 11.6 Å². The lowest BCUT2D eigenvalue weighted by atomic mass is 10.1. The zero-order valence-electron chi connectivity index (χ0n) is 15.4. The number of carbonyl (C=O) groups is 1. The van der Waals surface area contributed by atoms with E-state index in [2.05, 4.69) is 22.3 Å². The molecule has 0 spiro atoms. The smallest absolute Gasteiger partial charge is 0.274 e. The Morgan fingerprint density at radius 3 is 2.81 bits per heavy atom. The Hall–Kier alpha value is -2.80. The first kappa shape index (κ1) is 17.6. The van der Waals surface area contributed by atoms with Crippen LogP contribution in [-0.2, 0) is 6.42 Å². The summed E-state index contributed by atoms with van der Waals surface area (Å²) in [6.07, 6.45) is 2.45. The molecule has 0 radical (unpaired) electrons. The number of fused-ring (bicyclic) bond motifs is 1. The van der Waals surface area contributed by atoms with Crippen molar-refractivity contribution in [3.05, 3.63) is 53.6 Å². The van der Waals surface area contributed by atoms with Gasteiger partial charge in [0.05, 0.1) is 11.9 Å². The fourth-order valence-electron chi connectivity index (χ4n) is 3.44. The molecule has 1 atom stereocenters. The van der Waals surface area contributed by atoms with Crippen LogP contribution in [0.3, 0.4) is 0 Å². The van der Waals surface area contributed by atoms with E-state index < -0.39 is 0 Å². The van der Waals surface area contributed by atoms with Crippen molar-refractivity contribution in [3.63, 3.8) is 0 Å². The molecule has 0 bridgehead atoms. The molecule has 7 heteroatoms. The maximum absolute atomic E-state index is 13.2. The van der Waals surface area contributed by atoms with Crippen molar-refractivity contribution in [3.8, 4) is 11.3 Å². The molecule has 1 unspecified atom stereocenters. The fraction of sp³-hybridized carbons (Fsp3) is 0.350. The molecule has 4 rings (SSSR count). The normalized spacial score (nSPS) is 17.4. The molecule has 1 amide bonds. The molecule has 1 N–H and O–H groups in total. The lowest BCUT2D eigenvalue weighted by Crippen LogP contribution is -2.51. The van der Waals surface area contributed by atoms with Crippen molar-refractivity contribution < 1.29 is 9.18 Å². The maximum atomic E-state index is 13.2. The molecule has 1 aromatic carbocycles. The third-order valence-corrected chi connectivity index (χ3v) is 4.90. The Bertz CT molecular complexity index is 982. The minimum absolute atomic E-state index is 0.0702. The van der Waals surface area contributed by atoms with Crippen LogP contribution in [0.15, 0.2) is 36.5 Å². The first-order valence-corrected chi connectivity index (χ1v) is 9.23. The van der Waals surface area contributed by atoms with Crippen molar-refractivity contribution in [2.75, 3.05) is 19.6 Å². The first-order chi connectivity index (χ1) is 13.0. The largest absolute Gasteiger partial charge is 0.334 e. The number of amides is 1. The summed E-state index contributed by atoms with van der Waals surface area (Å²) in [7, 11) is 0. The van der Waals surface area contributed by atoms with E-state index in [4.69, 9.17) is 0 Å². The van der Waals surface area contributed by atoms with Gasteiger partial charge in [-0.15, -0.1) is 0 Å². The van der Waals surface area contributed by atoms with Crippen molar-refractivity contribution in [2.45, 2.75) is 26.3 Å². The number of nitrogens with zero attached hydrogens (tertiary/aromatic N) is 4. The minimum Gasteiger partial charge on any atom is -0.334 e. The quantitative estimate of drug-likeness (QED) is 0.773. The summed E-state index contributed by atoms with van der Waals surface area (Å²) in [5.74, 6) is -0.351. The molecule has 1 aliphatic heterocycles. The number of benzene rings is 1. The van der Waals surface area contributed by atoms with Crippen LogP contribution >= 0.6 is 0 Å². The summed E-state index contributed by atoms with van der Waals surface area (Å²) in [6, 6.07) is 8.47. The zero-order valence-corrected chi connectivity index (χ0v) is 15.4. The SMILES string of the molecule is CCc1cc(-c2ccc(F)cc2)nn2cc(C(=O)N3CCNC(C)C3)nc12. The van der Waals surface area contributed by atoms with E-state index in [1.165, 1.54) is 12.1 Å². The van der Waals surface area contributed by atoms with Gasteiger partial charge in [-0.1, -0.05) is 6.92 Å². The summed E-state index contributed by atoms with van der Waals surface area (Å²) < 4.78 is 14.9. The molecule has 0 saturated carbocycles. The number of rotatable bonds is 3. The predicted octanol–water partition coefficient (Wildman–Crippen LogP) is 2.53. The Balaban J connectivity index is 1.72. The highest BCUT2D eigenvalue weighted by molar-refractivity contribution is 5.93. The highest BCUT2D eigenvalue weighted by atomic mass is 19.1. The summed E-state index contributed by atoms with van der Waals surface area (Å²) in [5, 5.41) is 7.93. The van der Waals surface area contributed by atoms with Gasteiger partial charge in [0.25, 0.3) is 5.91 Å². The van der Waals surface area contributed by atoms with Crippen LogP contribution in [0, 0.1) is 5.82 Å². The van der Waals surface area contributed by atoms with Gasteiger partial charge in [-0.3, -0.25) is 4.79 Å². The number of hydrogen-bond acceptors (Lipinski definition) is 4. The number of piperazine rings is 1. The van der Waals surface area contributed by atoms with Gasteiger partial charge >= 0.3 is 0 Å². The second kappa shape index (κ2) is 7.08. The van der Waals surface area contributed by atoms with Gasteiger partial charge < -0.3 is 10.2 Å². The van der Waals surface area contributed by atoms with Crippen LogP contribution in [0.1, 0.15) is 29.9 Å². The Morgan fingerprint density at radius 1 is 1.33 bits per heavy atom. The second-order valence-electron chi connectivity index (χ2n) is 6.92. The van der Waals surface area contributed by atoms with Crippen LogP contribution in [-0.4, -0.2) is 51.1 Å². The molecule has 3 aromatic rings. The Labute approximate surface area is 157 Å². The predicted molar refractivity (Wildman–Crippen MR) is 101 cm³/mol. The molecule has 27 heavy (non-hydrogen) atoms. The van der Waals surface area contributed by atoms with E-state index in [9.17, 15) is 9.18 Å². The zero-order chi connectivity index (χ0) is 19.0. The molecule has 2 aromatic heterocycles. The molecule has 3 heterocycles. The second-order valence-corrected chi connectivity index (χ2v) is 6.92. The van der Waals surface area contributed by atoms with Gasteiger partial charge in [0, 0.05) is 31.2 Å². The topological polar surface area (TPSA) is 62.5 Å². The number of halogens is 1. The van der Waals surface area contributed by atoms with Gasteiger partial charge in [0.2, 0.25) is 0 Å². The van der Waals surface area contributed by atoms with E-state index in [0.717, 1.165) is 29.8 Å². The summed E-state index contributed by atoms with van der Waals surface area (Å²) >= 11 is 0. The van der Waals surface area contributed by atoms with E-state index in [1.807, 2.05) is 17.9 Å². The van der Waals surface area contributed by atoms with Crippen LogP contribution in [0.2, 0.25) is 0 Å². The summed E-state index contributed by atoms with van der Waals surface area (Å²) in [5.41, 5.74) is 3.64. The molecule has 1 fully saturated rings. The Kier molecular flexibility index (Phi) is 4.61. The third-order valence-electron chi connectivity index (χ3n) is 4.90. The standard InChI is InChI=1S/C20H22FN5O/c1-3-14-10-17(15-4-6-16(21)7-5-15)24-26-12-18(23-19(14)26)20(27)25-9-8-22-13(2)11-25/h4-7,10,12-13,22H,3,8-9,11H2,1-2H3. The summed E-state index contributed by atoms with van der Waals surface area (Å²) in [6.45, 7) is 6.23. The van der Waals surface area contributed by atoms with Crippen molar-refractivity contribution in [2.24, 2.45) is 0 Å². The van der Waals surface area contributed by atoms with Crippen LogP contribution in [0.5, 0.6) is 0 Å². The highest BCUT2D eigenvalue weighted by Gasteiger charge is 2.24. The molecule has 6 nitrogen and oxygen atoms in total. The number of aromatic nitrogens is 3. The number of imidazole rings is 1. The lowest BCUT2D eigenvalue weighted by Gasteiger charge is -2.31. The van der Waals surface area contributed by atoms with Crippen LogP contribution in [0.4, 0.5) is 4.39 Å². The number of hydrogen-bond donors (Lipinski definition) is 1. The van der Waals surface area contributed by atoms with Crippen LogP contribution < -0.4 is 5.32 Å². The number of aryl methyl sites for hydroxylation is 1. The highest BCUT2D eigenvalue weighted by Crippen LogP contribution is 2.22. The Morgan fingerprint density at radius 2 is 2.11 bits per heavy atom. The van der Waals surface area contributed by atoms with E-state index in [1.54, 1.807) is 22.8 Å². The molecule has 1 saturated heterocycles.